The van der Waals surface area contributed by atoms with Crippen LogP contribution in [0.15, 0.2) is 187 Å². The summed E-state index contributed by atoms with van der Waals surface area (Å²) in [5.41, 5.74) is 11.4. The van der Waals surface area contributed by atoms with Crippen LogP contribution >= 0.6 is 0 Å². The van der Waals surface area contributed by atoms with Crippen LogP contribution in [0.5, 0.6) is 0 Å². The lowest BCUT2D eigenvalue weighted by Gasteiger charge is -2.24. The second kappa shape index (κ2) is 11.9. The fraction of sp³-hybridized carbons (Fsp3) is 0. The van der Waals surface area contributed by atoms with Crippen molar-refractivity contribution in [2.45, 2.75) is 0 Å². The maximum atomic E-state index is 6.18. The summed E-state index contributed by atoms with van der Waals surface area (Å²) in [4.78, 5) is 12.2. The summed E-state index contributed by atoms with van der Waals surface area (Å²) >= 11 is 0. The molecule has 0 saturated heterocycles. The molecule has 0 N–H and O–H groups in total. The molecule has 0 aliphatic heterocycles. The number of rotatable bonds is 6. The minimum atomic E-state index is 0.585. The summed E-state index contributed by atoms with van der Waals surface area (Å²) in [6.07, 6.45) is 3.84. The highest BCUT2D eigenvalue weighted by molar-refractivity contribution is 6.12. The lowest BCUT2D eigenvalue weighted by atomic mass is 10.0. The van der Waals surface area contributed by atoms with E-state index < -0.39 is 0 Å². The molecule has 0 aliphatic carbocycles. The van der Waals surface area contributed by atoms with Crippen LogP contribution in [0.2, 0.25) is 0 Å². The van der Waals surface area contributed by atoms with Crippen LogP contribution in [0.25, 0.3) is 71.7 Å². The quantitative estimate of drug-likeness (QED) is 0.179. The zero-order chi connectivity index (χ0) is 33.7. The normalized spacial score (nSPS) is 11.5. The van der Waals surface area contributed by atoms with E-state index in [0.717, 1.165) is 72.1 Å². The second-order valence-electron chi connectivity index (χ2n) is 12.7. The highest BCUT2D eigenvalue weighted by atomic mass is 16.3. The Morgan fingerprint density at radius 3 is 1.88 bits per heavy atom. The van der Waals surface area contributed by atoms with Crippen LogP contribution < -0.4 is 4.90 Å². The fourth-order valence-electron chi connectivity index (χ4n) is 7.36. The lowest BCUT2D eigenvalue weighted by Crippen LogP contribution is -2.13. The van der Waals surface area contributed by atoms with Gasteiger partial charge in [0.1, 0.15) is 11.2 Å². The van der Waals surface area contributed by atoms with Crippen molar-refractivity contribution in [1.82, 2.24) is 14.5 Å². The number of hydrogen-bond acceptors (Lipinski definition) is 4. The van der Waals surface area contributed by atoms with Gasteiger partial charge in [0.15, 0.2) is 0 Å². The Bertz CT molecular complexity index is 2840. The Hall–Kier alpha value is -6.98. The minimum absolute atomic E-state index is 0.585. The van der Waals surface area contributed by atoms with Gasteiger partial charge in [0.05, 0.1) is 11.0 Å². The van der Waals surface area contributed by atoms with E-state index in [-0.39, 0.29) is 0 Å². The third kappa shape index (κ3) is 4.86. The average molecular weight is 655 g/mol. The number of nitrogens with zero attached hydrogens (tertiary/aromatic N) is 4. The van der Waals surface area contributed by atoms with E-state index in [2.05, 4.69) is 143 Å². The number of benzene rings is 7. The number of para-hydroxylation sites is 3. The summed E-state index contributed by atoms with van der Waals surface area (Å²) in [5, 5.41) is 4.50. The van der Waals surface area contributed by atoms with Gasteiger partial charge in [-0.3, -0.25) is 4.90 Å². The van der Waals surface area contributed by atoms with Gasteiger partial charge in [-0.05, 0) is 77.4 Å². The molecule has 10 aromatic rings. The van der Waals surface area contributed by atoms with Gasteiger partial charge in [0.25, 0.3) is 0 Å². The molecule has 7 aromatic carbocycles. The zero-order valence-corrected chi connectivity index (χ0v) is 27.5. The van der Waals surface area contributed by atoms with E-state index in [1.54, 1.807) is 0 Å². The van der Waals surface area contributed by atoms with Gasteiger partial charge in [-0.15, -0.1) is 0 Å². The molecular formula is C46H30N4O. The molecule has 51 heavy (non-hydrogen) atoms. The SMILES string of the molecule is c1ccc(-c2ccc(N(c3ccc4c(c3)c3ccccc3n4-c3ccccc3)c3ncc(-c4cccc5oc6ccccc6c45)cn3)cc2)cc1. The molecule has 5 heteroatoms. The highest BCUT2D eigenvalue weighted by Gasteiger charge is 2.20. The third-order valence-electron chi connectivity index (χ3n) is 9.71. The molecule has 3 aromatic heterocycles. The first kappa shape index (κ1) is 29.0. The molecule has 0 spiro atoms. The number of hydrogen-bond donors (Lipinski definition) is 0. The van der Waals surface area contributed by atoms with Gasteiger partial charge in [-0.2, -0.15) is 0 Å². The molecule has 0 fully saturated rings. The van der Waals surface area contributed by atoms with Crippen LogP contribution in [-0.4, -0.2) is 14.5 Å². The standard InChI is InChI=1S/C46H30N4O/c1-3-12-31(13-4-1)32-22-24-35(25-23-32)49(36-26-27-42-40(28-36)38-16-7-9-19-41(38)50(42)34-14-5-2-6-15-34)46-47-29-33(30-48-46)37-18-11-21-44-45(37)39-17-8-10-20-43(39)51-44/h1-30H. The molecule has 0 bridgehead atoms. The molecule has 0 saturated carbocycles. The molecule has 0 aliphatic rings. The van der Waals surface area contributed by atoms with Gasteiger partial charge in [0, 0.05) is 56.6 Å². The molecule has 5 nitrogen and oxygen atoms in total. The van der Waals surface area contributed by atoms with E-state index in [1.165, 1.54) is 10.9 Å². The van der Waals surface area contributed by atoms with Crippen LogP contribution in [0.4, 0.5) is 17.3 Å². The van der Waals surface area contributed by atoms with Crippen molar-refractivity contribution in [2.24, 2.45) is 0 Å². The van der Waals surface area contributed by atoms with Gasteiger partial charge in [-0.25, -0.2) is 9.97 Å². The van der Waals surface area contributed by atoms with E-state index in [9.17, 15) is 0 Å². The van der Waals surface area contributed by atoms with Gasteiger partial charge in [0.2, 0.25) is 5.95 Å². The molecule has 0 radical (unpaired) electrons. The predicted octanol–water partition coefficient (Wildman–Crippen LogP) is 12.3. The van der Waals surface area contributed by atoms with E-state index in [4.69, 9.17) is 14.4 Å². The number of aromatic nitrogens is 3. The largest absolute Gasteiger partial charge is 0.456 e. The van der Waals surface area contributed by atoms with Crippen molar-refractivity contribution < 1.29 is 4.42 Å². The predicted molar refractivity (Wildman–Crippen MR) is 209 cm³/mol. The molecule has 3 heterocycles. The van der Waals surface area contributed by atoms with E-state index in [1.807, 2.05) is 48.8 Å². The first-order valence-corrected chi connectivity index (χ1v) is 17.1. The summed E-state index contributed by atoms with van der Waals surface area (Å²) in [6.45, 7) is 0. The maximum Gasteiger partial charge on any atom is 0.234 e. The summed E-state index contributed by atoms with van der Waals surface area (Å²) in [7, 11) is 0. The van der Waals surface area contributed by atoms with Crippen LogP contribution in [0.3, 0.4) is 0 Å². The van der Waals surface area contributed by atoms with Gasteiger partial charge < -0.3 is 8.98 Å². The van der Waals surface area contributed by atoms with Crippen molar-refractivity contribution >= 4 is 61.1 Å². The van der Waals surface area contributed by atoms with Crippen molar-refractivity contribution in [1.29, 1.82) is 0 Å². The molecule has 240 valence electrons. The topological polar surface area (TPSA) is 47.1 Å². The summed E-state index contributed by atoms with van der Waals surface area (Å²) < 4.78 is 8.51. The Morgan fingerprint density at radius 1 is 0.451 bits per heavy atom. The summed E-state index contributed by atoms with van der Waals surface area (Å²) in [6, 6.07) is 59.1. The number of furan rings is 1. The van der Waals surface area contributed by atoms with Crippen molar-refractivity contribution in [3.63, 3.8) is 0 Å². The average Bonchev–Trinajstić information content (AvgIpc) is 3.75. The molecule has 0 unspecified atom stereocenters. The Labute approximate surface area is 294 Å². The van der Waals surface area contributed by atoms with Crippen molar-refractivity contribution in [2.75, 3.05) is 4.90 Å². The first-order valence-electron chi connectivity index (χ1n) is 17.1. The first-order chi connectivity index (χ1) is 25.3. The number of anilines is 3. The monoisotopic (exact) mass is 654 g/mol. The van der Waals surface area contributed by atoms with Crippen LogP contribution in [0, 0.1) is 0 Å². The van der Waals surface area contributed by atoms with Crippen LogP contribution in [-0.2, 0) is 0 Å². The lowest BCUT2D eigenvalue weighted by molar-refractivity contribution is 0.669. The Kier molecular flexibility index (Phi) is 6.74. The third-order valence-corrected chi connectivity index (χ3v) is 9.71. The second-order valence-corrected chi connectivity index (χ2v) is 12.7. The maximum absolute atomic E-state index is 6.18. The number of fused-ring (bicyclic) bond motifs is 6. The zero-order valence-electron chi connectivity index (χ0n) is 27.5. The minimum Gasteiger partial charge on any atom is -0.456 e. The molecule has 10 rings (SSSR count). The van der Waals surface area contributed by atoms with Gasteiger partial charge in [-0.1, -0.05) is 109 Å². The van der Waals surface area contributed by atoms with E-state index >= 15 is 0 Å². The Morgan fingerprint density at radius 2 is 1.08 bits per heavy atom. The fourth-order valence-corrected chi connectivity index (χ4v) is 7.36. The van der Waals surface area contributed by atoms with E-state index in [0.29, 0.717) is 5.95 Å². The van der Waals surface area contributed by atoms with Crippen LogP contribution in [0.1, 0.15) is 0 Å². The smallest absolute Gasteiger partial charge is 0.234 e. The summed E-state index contributed by atoms with van der Waals surface area (Å²) in [5.74, 6) is 0.585. The highest BCUT2D eigenvalue weighted by Crippen LogP contribution is 2.40. The Balaban J connectivity index is 1.13. The molecule has 0 amide bonds. The van der Waals surface area contributed by atoms with Crippen molar-refractivity contribution in [3.8, 4) is 27.9 Å². The molecular weight excluding hydrogens is 625 g/mol. The van der Waals surface area contributed by atoms with Gasteiger partial charge >= 0.3 is 0 Å². The van der Waals surface area contributed by atoms with Crippen molar-refractivity contribution in [3.05, 3.63) is 182 Å². The molecule has 0 atom stereocenters.